The van der Waals surface area contributed by atoms with Crippen molar-refractivity contribution in [3.05, 3.63) is 70.5 Å². The molecule has 2 aromatic carbocycles. The van der Waals surface area contributed by atoms with E-state index in [1.165, 1.54) is 29.2 Å². The number of alkyl halides is 4. The van der Waals surface area contributed by atoms with E-state index in [0.717, 1.165) is 16.4 Å². The van der Waals surface area contributed by atoms with Crippen LogP contribution in [0.25, 0.3) is 0 Å². The van der Waals surface area contributed by atoms with Crippen LogP contribution in [0.5, 0.6) is 0 Å². The Balaban J connectivity index is 1.16. The summed E-state index contributed by atoms with van der Waals surface area (Å²) >= 11 is 0. The second kappa shape index (κ2) is 10.3. The van der Waals surface area contributed by atoms with Gasteiger partial charge in [0.1, 0.15) is 11.9 Å². The molecule has 0 radical (unpaired) electrons. The zero-order valence-corrected chi connectivity index (χ0v) is 23.4. The van der Waals surface area contributed by atoms with Crippen molar-refractivity contribution in [2.24, 2.45) is 5.92 Å². The second-order valence-electron chi connectivity index (χ2n) is 11.8. The highest BCUT2D eigenvalue weighted by Crippen LogP contribution is 2.44. The summed E-state index contributed by atoms with van der Waals surface area (Å²) in [6, 6.07) is 6.46. The monoisotopic (exact) mass is 611 g/mol. The third-order valence-corrected chi connectivity index (χ3v) is 10.9. The molecule has 2 aromatic rings. The van der Waals surface area contributed by atoms with E-state index in [9.17, 15) is 35.6 Å². The molecule has 13 heteroatoms. The molecule has 2 saturated heterocycles. The predicted molar refractivity (Wildman–Crippen MR) is 142 cm³/mol. The van der Waals surface area contributed by atoms with Crippen LogP contribution in [0.2, 0.25) is 0 Å². The Morgan fingerprint density at radius 2 is 1.71 bits per heavy atom. The zero-order chi connectivity index (χ0) is 30.0. The Morgan fingerprint density at radius 3 is 2.33 bits per heavy atom. The maximum absolute atomic E-state index is 15.6. The van der Waals surface area contributed by atoms with Gasteiger partial charge in [-0.05, 0) is 74.3 Å². The number of hydrogen-bond donors (Lipinski definition) is 1. The highest BCUT2D eigenvalue weighted by atomic mass is 32.2. The van der Waals surface area contributed by atoms with Crippen molar-refractivity contribution in [2.75, 3.05) is 19.6 Å². The molecule has 2 amide bonds. The summed E-state index contributed by atoms with van der Waals surface area (Å²) in [5.74, 6) is -2.22. The summed E-state index contributed by atoms with van der Waals surface area (Å²) in [6.45, 7) is -0.374. The Morgan fingerprint density at radius 1 is 1.00 bits per heavy atom. The average molecular weight is 612 g/mol. The van der Waals surface area contributed by atoms with Crippen LogP contribution in [0.1, 0.15) is 71.6 Å². The van der Waals surface area contributed by atoms with Crippen molar-refractivity contribution in [3.63, 3.8) is 0 Å². The molecule has 4 fully saturated rings. The second-order valence-corrected chi connectivity index (χ2v) is 14.0. The Labute approximate surface area is 240 Å². The molecule has 7 nitrogen and oxygen atoms in total. The molecule has 1 N–H and O–H groups in total. The quantitative estimate of drug-likeness (QED) is 0.439. The number of carbonyl (C=O) groups excluding carboxylic acids is 2. The van der Waals surface area contributed by atoms with Crippen LogP contribution in [-0.4, -0.2) is 60.4 Å². The van der Waals surface area contributed by atoms with E-state index in [4.69, 9.17) is 0 Å². The molecule has 42 heavy (non-hydrogen) atoms. The average Bonchev–Trinajstić information content (AvgIpc) is 3.86. The van der Waals surface area contributed by atoms with Crippen molar-refractivity contribution in [3.8, 4) is 0 Å². The summed E-state index contributed by atoms with van der Waals surface area (Å²) < 4.78 is 95.5. The van der Waals surface area contributed by atoms with Gasteiger partial charge in [-0.25, -0.2) is 17.2 Å². The normalized spacial score (nSPS) is 23.4. The van der Waals surface area contributed by atoms with Gasteiger partial charge in [0.15, 0.2) is 5.67 Å². The fraction of sp³-hybridized carbons (Fsp3) is 0.517. The molecule has 2 aliphatic carbocycles. The van der Waals surface area contributed by atoms with Gasteiger partial charge in [0.05, 0.1) is 29.9 Å². The third-order valence-electron chi connectivity index (χ3n) is 8.66. The zero-order valence-electron chi connectivity index (χ0n) is 22.5. The molecular weight excluding hydrogens is 581 g/mol. The van der Waals surface area contributed by atoms with Gasteiger partial charge >= 0.3 is 6.18 Å². The number of nitrogens with one attached hydrogen (secondary N) is 1. The van der Waals surface area contributed by atoms with Gasteiger partial charge < -0.3 is 10.2 Å². The third kappa shape index (κ3) is 5.41. The van der Waals surface area contributed by atoms with Crippen LogP contribution >= 0.6 is 0 Å². The number of hydrogen-bond acceptors (Lipinski definition) is 4. The smallest absolute Gasteiger partial charge is 0.347 e. The Kier molecular flexibility index (Phi) is 7.11. The van der Waals surface area contributed by atoms with Crippen molar-refractivity contribution in [1.82, 2.24) is 14.5 Å². The van der Waals surface area contributed by atoms with E-state index >= 15 is 4.39 Å². The number of nitrogens with zero attached hydrogens (tertiary/aromatic N) is 2. The van der Waals surface area contributed by atoms with Crippen LogP contribution in [-0.2, 0) is 26.7 Å². The van der Waals surface area contributed by atoms with Crippen LogP contribution in [0.3, 0.4) is 0 Å². The first-order chi connectivity index (χ1) is 19.8. The van der Waals surface area contributed by atoms with Gasteiger partial charge in [-0.2, -0.15) is 17.5 Å². The number of carbonyl (C=O) groups is 2. The molecule has 0 spiro atoms. The first-order valence-electron chi connectivity index (χ1n) is 14.0. The van der Waals surface area contributed by atoms with E-state index in [1.54, 1.807) is 0 Å². The fourth-order valence-corrected chi connectivity index (χ4v) is 7.84. The standard InChI is InChI=1S/C29H30F5N3O4S/c30-23-14-20(29(32,33)34)8-11-22(23)25(17-6-7-17)35-26(38)24-5-2-12-37(24)27(39)18-3-1-4-19(13-18)28(31)15-36(16-28)42(40,41)21-9-10-21/h1,3-4,8,11,13-14,17,21,24-25H,2,5-7,9-10,12,15-16H2,(H,35,38)/t24-,25-/m1/s1. The molecule has 2 saturated carbocycles. The van der Waals surface area contributed by atoms with Gasteiger partial charge in [-0.1, -0.05) is 18.2 Å². The summed E-state index contributed by atoms with van der Waals surface area (Å²) in [7, 11) is -3.51. The molecule has 2 atom stereocenters. The lowest BCUT2D eigenvalue weighted by molar-refractivity contribution is -0.137. The maximum Gasteiger partial charge on any atom is 0.416 e. The molecule has 0 bridgehead atoms. The summed E-state index contributed by atoms with van der Waals surface area (Å²) in [5.41, 5.74) is -2.74. The lowest BCUT2D eigenvalue weighted by atomic mass is 9.89. The first-order valence-corrected chi connectivity index (χ1v) is 15.5. The number of benzene rings is 2. The summed E-state index contributed by atoms with van der Waals surface area (Å²) in [6.07, 6.45) is -1.33. The number of likely N-dealkylation sites (tertiary alicyclic amines) is 1. The molecule has 4 aliphatic rings. The predicted octanol–water partition coefficient (Wildman–Crippen LogP) is 4.69. The number of amides is 2. The first kappa shape index (κ1) is 29.0. The van der Waals surface area contributed by atoms with Crippen molar-refractivity contribution in [1.29, 1.82) is 0 Å². The molecular formula is C29H30F5N3O4S. The minimum absolute atomic E-state index is 0.0334. The number of sulfonamides is 1. The van der Waals surface area contributed by atoms with Gasteiger partial charge in [-0.3, -0.25) is 9.59 Å². The fourth-order valence-electron chi connectivity index (χ4n) is 5.92. The minimum Gasteiger partial charge on any atom is -0.347 e. The van der Waals surface area contributed by atoms with E-state index in [2.05, 4.69) is 5.32 Å². The highest BCUT2D eigenvalue weighted by Gasteiger charge is 2.54. The highest BCUT2D eigenvalue weighted by molar-refractivity contribution is 7.90. The van der Waals surface area contributed by atoms with Crippen molar-refractivity contribution >= 4 is 21.8 Å². The van der Waals surface area contributed by atoms with Crippen LogP contribution < -0.4 is 5.32 Å². The van der Waals surface area contributed by atoms with Gasteiger partial charge in [-0.15, -0.1) is 0 Å². The molecule has 0 unspecified atom stereocenters. The van der Waals surface area contributed by atoms with E-state index in [-0.39, 0.29) is 42.2 Å². The minimum atomic E-state index is -4.70. The van der Waals surface area contributed by atoms with E-state index < -0.39 is 62.4 Å². The van der Waals surface area contributed by atoms with Crippen LogP contribution in [0, 0.1) is 11.7 Å². The van der Waals surface area contributed by atoms with Gasteiger partial charge in [0.25, 0.3) is 5.91 Å². The van der Waals surface area contributed by atoms with Gasteiger partial charge in [0.2, 0.25) is 15.9 Å². The maximum atomic E-state index is 15.6. The summed E-state index contributed by atoms with van der Waals surface area (Å²) in [4.78, 5) is 28.3. The summed E-state index contributed by atoms with van der Waals surface area (Å²) in [5, 5.41) is 2.34. The van der Waals surface area contributed by atoms with Crippen LogP contribution in [0.4, 0.5) is 22.0 Å². The molecule has 0 aromatic heterocycles. The van der Waals surface area contributed by atoms with Crippen LogP contribution in [0.15, 0.2) is 42.5 Å². The van der Waals surface area contributed by atoms with Gasteiger partial charge in [0, 0.05) is 17.7 Å². The molecule has 2 heterocycles. The number of halogens is 5. The lowest BCUT2D eigenvalue weighted by Gasteiger charge is -2.43. The Hall–Kier alpha value is -3.06. The van der Waals surface area contributed by atoms with Crippen molar-refractivity contribution < 1.29 is 40.0 Å². The largest absolute Gasteiger partial charge is 0.416 e. The Bertz CT molecular complexity index is 1520. The SMILES string of the molecule is O=C(N[C@@H](c1ccc(C(F)(F)F)cc1F)C1CC1)[C@H]1CCCN1C(=O)c1cccc(C2(F)CN(S(=O)(=O)C3CC3)C2)c1. The number of rotatable bonds is 8. The molecule has 2 aliphatic heterocycles. The topological polar surface area (TPSA) is 86.8 Å². The molecule has 226 valence electrons. The van der Waals surface area contributed by atoms with E-state index in [1.807, 2.05) is 0 Å². The molecule has 6 rings (SSSR count). The van der Waals surface area contributed by atoms with E-state index in [0.29, 0.717) is 44.6 Å². The van der Waals surface area contributed by atoms with Crippen molar-refractivity contribution in [2.45, 2.75) is 67.7 Å². The lowest BCUT2D eigenvalue weighted by Crippen LogP contribution is -2.59.